The number of rotatable bonds is 7. The first-order chi connectivity index (χ1) is 17.3. The Balaban J connectivity index is 1.80. The molecule has 9 heteroatoms. The van der Waals surface area contributed by atoms with Crippen LogP contribution in [0.5, 0.6) is 0 Å². The largest absolute Gasteiger partial charge is 0.348 e. The lowest BCUT2D eigenvalue weighted by atomic mass is 9.91. The summed E-state index contributed by atoms with van der Waals surface area (Å²) in [5, 5.41) is 2.68. The molecule has 0 unspecified atom stereocenters. The number of sulfonamides is 1. The molecular formula is C28H27BrFN3O3S. The highest BCUT2D eigenvalue weighted by Gasteiger charge is 2.26. The number of nitrogens with one attached hydrogen (secondary N) is 1. The van der Waals surface area contributed by atoms with Crippen molar-refractivity contribution in [3.05, 3.63) is 93.5 Å². The van der Waals surface area contributed by atoms with Crippen molar-refractivity contribution >= 4 is 49.3 Å². The minimum atomic E-state index is -3.90. The van der Waals surface area contributed by atoms with Crippen molar-refractivity contribution in [1.82, 2.24) is 10.3 Å². The van der Waals surface area contributed by atoms with Gasteiger partial charge in [0.2, 0.25) is 15.9 Å². The van der Waals surface area contributed by atoms with Gasteiger partial charge in [0.15, 0.2) is 0 Å². The van der Waals surface area contributed by atoms with E-state index in [4.69, 9.17) is 6.42 Å². The Morgan fingerprint density at radius 2 is 1.86 bits per heavy atom. The van der Waals surface area contributed by atoms with Crippen LogP contribution in [0, 0.1) is 18.2 Å². The van der Waals surface area contributed by atoms with Gasteiger partial charge in [-0.15, -0.1) is 6.42 Å². The van der Waals surface area contributed by atoms with Crippen LogP contribution in [0.3, 0.4) is 0 Å². The van der Waals surface area contributed by atoms with E-state index in [9.17, 15) is 13.2 Å². The van der Waals surface area contributed by atoms with Gasteiger partial charge in [0.05, 0.1) is 17.5 Å². The second-order valence-electron chi connectivity index (χ2n) is 9.36. The Hall–Kier alpha value is -3.48. The summed E-state index contributed by atoms with van der Waals surface area (Å²) < 4.78 is 41.9. The Labute approximate surface area is 225 Å². The van der Waals surface area contributed by atoms with Crippen LogP contribution < -0.4 is 9.62 Å². The van der Waals surface area contributed by atoms with Crippen LogP contribution in [0.15, 0.2) is 65.3 Å². The molecule has 192 valence electrons. The predicted octanol–water partition coefficient (Wildman–Crippen LogP) is 5.69. The summed E-state index contributed by atoms with van der Waals surface area (Å²) in [6.45, 7) is 6.17. The normalized spacial score (nSPS) is 11.8. The topological polar surface area (TPSA) is 79.4 Å². The minimum absolute atomic E-state index is 0.0123. The second kappa shape index (κ2) is 11.3. The van der Waals surface area contributed by atoms with Crippen molar-refractivity contribution in [2.75, 3.05) is 10.6 Å². The van der Waals surface area contributed by atoms with E-state index < -0.39 is 21.7 Å². The molecule has 0 aliphatic rings. The molecule has 1 N–H and O–H groups in total. The lowest BCUT2D eigenvalue weighted by molar-refractivity contribution is -0.116. The number of benzene rings is 2. The van der Waals surface area contributed by atoms with Crippen molar-refractivity contribution in [2.24, 2.45) is 0 Å². The first-order valence-corrected chi connectivity index (χ1v) is 13.9. The maximum atomic E-state index is 15.3. The third-order valence-electron chi connectivity index (χ3n) is 5.33. The molecule has 1 heterocycles. The van der Waals surface area contributed by atoms with Gasteiger partial charge in [-0.25, -0.2) is 22.1 Å². The smallest absolute Gasteiger partial charge is 0.244 e. The summed E-state index contributed by atoms with van der Waals surface area (Å²) in [6.07, 6.45) is 9.57. The lowest BCUT2D eigenvalue weighted by Gasteiger charge is -2.24. The van der Waals surface area contributed by atoms with Gasteiger partial charge in [0, 0.05) is 29.3 Å². The van der Waals surface area contributed by atoms with Crippen molar-refractivity contribution in [3.63, 3.8) is 0 Å². The van der Waals surface area contributed by atoms with Crippen molar-refractivity contribution in [3.8, 4) is 12.3 Å². The van der Waals surface area contributed by atoms with Gasteiger partial charge in [-0.1, -0.05) is 51.0 Å². The van der Waals surface area contributed by atoms with E-state index in [1.165, 1.54) is 12.1 Å². The predicted molar refractivity (Wildman–Crippen MR) is 149 cm³/mol. The van der Waals surface area contributed by atoms with Gasteiger partial charge >= 0.3 is 0 Å². The van der Waals surface area contributed by atoms with E-state index in [0.717, 1.165) is 27.9 Å². The van der Waals surface area contributed by atoms with E-state index in [-0.39, 0.29) is 28.9 Å². The van der Waals surface area contributed by atoms with Crippen LogP contribution in [0.4, 0.5) is 15.8 Å². The number of carbonyl (C=O) groups is 1. The third-order valence-corrected chi connectivity index (χ3v) is 7.02. The first kappa shape index (κ1) is 28.1. The summed E-state index contributed by atoms with van der Waals surface area (Å²) >= 11 is 3.44. The van der Waals surface area contributed by atoms with E-state index in [0.29, 0.717) is 10.2 Å². The Morgan fingerprint density at radius 1 is 1.19 bits per heavy atom. The Bertz CT molecular complexity index is 1490. The van der Waals surface area contributed by atoms with Gasteiger partial charge in [0.25, 0.3) is 0 Å². The van der Waals surface area contributed by atoms with Crippen LogP contribution in [0.25, 0.3) is 6.08 Å². The Kier molecular flexibility index (Phi) is 8.57. The summed E-state index contributed by atoms with van der Waals surface area (Å²) in [5.41, 5.74) is 1.97. The zero-order valence-corrected chi connectivity index (χ0v) is 23.3. The Morgan fingerprint density at radius 3 is 2.43 bits per heavy atom. The molecule has 0 spiro atoms. The molecule has 37 heavy (non-hydrogen) atoms. The number of carbonyl (C=O) groups excluding carboxylic acids is 1. The van der Waals surface area contributed by atoms with Crippen LogP contribution >= 0.6 is 15.9 Å². The fraction of sp³-hybridized carbons (Fsp3) is 0.214. The average molecular weight is 585 g/mol. The van der Waals surface area contributed by atoms with Crippen LogP contribution in [0.1, 0.15) is 43.2 Å². The number of terminal acetylenes is 1. The molecule has 1 amide bonds. The number of aromatic nitrogens is 1. The van der Waals surface area contributed by atoms with Gasteiger partial charge in [-0.2, -0.15) is 0 Å². The quantitative estimate of drug-likeness (QED) is 0.220. The minimum Gasteiger partial charge on any atom is -0.348 e. The van der Waals surface area contributed by atoms with Crippen molar-refractivity contribution in [2.45, 2.75) is 32.7 Å². The first-order valence-electron chi connectivity index (χ1n) is 11.3. The zero-order valence-electron chi connectivity index (χ0n) is 20.9. The molecule has 0 aliphatic carbocycles. The molecule has 0 fully saturated rings. The van der Waals surface area contributed by atoms with E-state index in [1.807, 2.05) is 12.1 Å². The van der Waals surface area contributed by atoms with Gasteiger partial charge in [-0.05, 0) is 57.9 Å². The summed E-state index contributed by atoms with van der Waals surface area (Å²) in [7, 11) is -3.90. The fourth-order valence-electron chi connectivity index (χ4n) is 3.52. The SMILES string of the molecule is C#Cc1cc(CNC(=O)/C=C/c2ccc(C(C)(C)C)nc2Br)cc(F)c1N(c1ccccc1)S(C)(=O)=O. The molecule has 0 atom stereocenters. The second-order valence-corrected chi connectivity index (χ2v) is 11.9. The number of hydrogen-bond acceptors (Lipinski definition) is 4. The highest BCUT2D eigenvalue weighted by Crippen LogP contribution is 2.34. The van der Waals surface area contributed by atoms with Gasteiger partial charge in [-0.3, -0.25) is 4.79 Å². The molecular weight excluding hydrogens is 557 g/mol. The fourth-order valence-corrected chi connectivity index (χ4v) is 5.00. The monoisotopic (exact) mass is 583 g/mol. The molecule has 0 aliphatic heterocycles. The number of nitrogens with zero attached hydrogens (tertiary/aromatic N) is 2. The summed E-state index contributed by atoms with van der Waals surface area (Å²) in [4.78, 5) is 16.9. The van der Waals surface area contributed by atoms with Gasteiger partial charge in [0.1, 0.15) is 16.1 Å². The van der Waals surface area contributed by atoms with Crippen molar-refractivity contribution < 1.29 is 17.6 Å². The highest BCUT2D eigenvalue weighted by atomic mass is 79.9. The number of halogens is 2. The standard InChI is InChI=1S/C28H27BrFN3O3S/c1-6-20-16-19(17-23(30)26(20)33(37(5,35)36)22-10-8-7-9-11-22)18-31-25(34)15-13-21-12-14-24(28(2,3)4)32-27(21)29/h1,7-17H,18H2,2-5H3,(H,31,34)/b15-13+. The maximum absolute atomic E-state index is 15.3. The molecule has 1 aromatic heterocycles. The molecule has 0 bridgehead atoms. The molecule has 3 aromatic rings. The zero-order chi connectivity index (χ0) is 27.4. The van der Waals surface area contributed by atoms with Crippen molar-refractivity contribution in [1.29, 1.82) is 0 Å². The number of pyridine rings is 1. The molecule has 0 saturated heterocycles. The van der Waals surface area contributed by atoms with Crippen LogP contribution in [-0.4, -0.2) is 25.6 Å². The number of anilines is 2. The molecule has 2 aromatic carbocycles. The summed E-state index contributed by atoms with van der Waals surface area (Å²) in [6, 6.07) is 14.5. The van der Waals surface area contributed by atoms with Gasteiger partial charge < -0.3 is 5.32 Å². The average Bonchev–Trinajstić information content (AvgIpc) is 2.82. The molecule has 0 radical (unpaired) electrons. The van der Waals surface area contributed by atoms with Crippen LogP contribution in [0.2, 0.25) is 0 Å². The molecule has 6 nitrogen and oxygen atoms in total. The lowest BCUT2D eigenvalue weighted by Crippen LogP contribution is -2.27. The number of hydrogen-bond donors (Lipinski definition) is 1. The number of para-hydroxylation sites is 1. The third kappa shape index (κ3) is 7.06. The maximum Gasteiger partial charge on any atom is 0.244 e. The number of amides is 1. The van der Waals surface area contributed by atoms with E-state index >= 15 is 4.39 Å². The summed E-state index contributed by atoms with van der Waals surface area (Å²) in [5.74, 6) is 1.15. The molecule has 3 rings (SSSR count). The molecule has 0 saturated carbocycles. The van der Waals surface area contributed by atoms with E-state index in [2.05, 4.69) is 52.9 Å². The highest BCUT2D eigenvalue weighted by molar-refractivity contribution is 9.10. The van der Waals surface area contributed by atoms with Crippen LogP contribution in [-0.2, 0) is 26.8 Å². The van der Waals surface area contributed by atoms with E-state index in [1.54, 1.807) is 36.4 Å².